The van der Waals surface area contributed by atoms with Gasteiger partial charge in [0.05, 0.1) is 19.3 Å². The molecule has 2 N–H and O–H groups in total. The summed E-state index contributed by atoms with van der Waals surface area (Å²) in [5.41, 5.74) is 1.03. The monoisotopic (exact) mass is 295 g/mol. The summed E-state index contributed by atoms with van der Waals surface area (Å²) in [5, 5.41) is 11.8. The zero-order valence-electron chi connectivity index (χ0n) is 12.8. The smallest absolute Gasteiger partial charge is 0.220 e. The third-order valence-corrected chi connectivity index (χ3v) is 3.10. The summed E-state index contributed by atoms with van der Waals surface area (Å²) in [5.74, 6) is 0.786. The summed E-state index contributed by atoms with van der Waals surface area (Å²) in [6.07, 6.45) is 1.51. The molecular formula is C16H25NO4. The van der Waals surface area contributed by atoms with Gasteiger partial charge in [0.2, 0.25) is 5.91 Å². The van der Waals surface area contributed by atoms with Gasteiger partial charge in [-0.05, 0) is 31.4 Å². The van der Waals surface area contributed by atoms with Gasteiger partial charge in [-0.3, -0.25) is 4.79 Å². The number of amides is 1. The van der Waals surface area contributed by atoms with Gasteiger partial charge in [0, 0.05) is 20.1 Å². The fraction of sp³-hybridized carbons (Fsp3) is 0.562. The Balaban J connectivity index is 2.48. The molecule has 0 saturated carbocycles. The molecule has 5 heteroatoms. The molecule has 0 aliphatic rings. The molecule has 1 aromatic carbocycles. The van der Waals surface area contributed by atoms with Gasteiger partial charge in [-0.15, -0.1) is 0 Å². The van der Waals surface area contributed by atoms with Crippen LogP contribution in [0.15, 0.2) is 24.3 Å². The Morgan fingerprint density at radius 3 is 2.81 bits per heavy atom. The fourth-order valence-electron chi connectivity index (χ4n) is 2.11. The van der Waals surface area contributed by atoms with E-state index in [9.17, 15) is 4.79 Å². The van der Waals surface area contributed by atoms with Crippen LogP contribution in [-0.2, 0) is 16.0 Å². The lowest BCUT2D eigenvalue weighted by atomic mass is 10.1. The van der Waals surface area contributed by atoms with Crippen molar-refractivity contribution in [2.45, 2.75) is 32.2 Å². The Bertz CT molecular complexity index is 416. The largest absolute Gasteiger partial charge is 0.494 e. The van der Waals surface area contributed by atoms with Gasteiger partial charge < -0.3 is 19.9 Å². The number of hydrogen-bond donors (Lipinski definition) is 2. The number of aliphatic hydroxyl groups is 1. The molecule has 1 aromatic rings. The number of carbonyl (C=O) groups is 1. The predicted octanol–water partition coefficient (Wildman–Crippen LogP) is 1.53. The average molecular weight is 295 g/mol. The highest BCUT2D eigenvalue weighted by molar-refractivity contribution is 5.76. The lowest BCUT2D eigenvalue weighted by Crippen LogP contribution is -2.38. The maximum Gasteiger partial charge on any atom is 0.220 e. The van der Waals surface area contributed by atoms with Crippen LogP contribution >= 0.6 is 0 Å². The molecule has 21 heavy (non-hydrogen) atoms. The van der Waals surface area contributed by atoms with Gasteiger partial charge in [0.15, 0.2) is 0 Å². The van der Waals surface area contributed by atoms with Crippen LogP contribution in [0.4, 0.5) is 0 Å². The van der Waals surface area contributed by atoms with Crippen molar-refractivity contribution in [2.75, 3.05) is 26.9 Å². The highest BCUT2D eigenvalue weighted by Crippen LogP contribution is 2.19. The minimum absolute atomic E-state index is 0.0292. The first-order valence-electron chi connectivity index (χ1n) is 7.31. The average Bonchev–Trinajstić information content (AvgIpc) is 2.47. The van der Waals surface area contributed by atoms with E-state index in [4.69, 9.17) is 14.6 Å². The van der Waals surface area contributed by atoms with Gasteiger partial charge in [-0.25, -0.2) is 0 Å². The van der Waals surface area contributed by atoms with Crippen LogP contribution in [0.25, 0.3) is 0 Å². The van der Waals surface area contributed by atoms with Crippen molar-refractivity contribution >= 4 is 5.91 Å². The van der Waals surface area contributed by atoms with Crippen LogP contribution in [0, 0.1) is 0 Å². The standard InChI is InChI=1S/C16H25NO4/c1-3-21-15-7-5-4-6-13(15)8-9-16(19)17-14(10-11-18)12-20-2/h4-7,14,18H,3,8-12H2,1-2H3,(H,17,19). The summed E-state index contributed by atoms with van der Waals surface area (Å²) >= 11 is 0. The number of ether oxygens (including phenoxy) is 2. The molecule has 0 bridgehead atoms. The van der Waals surface area contributed by atoms with Crippen molar-refractivity contribution in [1.29, 1.82) is 0 Å². The quantitative estimate of drug-likeness (QED) is 0.687. The summed E-state index contributed by atoms with van der Waals surface area (Å²) < 4.78 is 10.6. The maximum atomic E-state index is 12.0. The van der Waals surface area contributed by atoms with Crippen molar-refractivity contribution in [2.24, 2.45) is 0 Å². The molecule has 0 heterocycles. The van der Waals surface area contributed by atoms with Crippen molar-refractivity contribution in [1.82, 2.24) is 5.32 Å². The Kier molecular flexibility index (Phi) is 8.47. The first-order valence-corrected chi connectivity index (χ1v) is 7.31. The van der Waals surface area contributed by atoms with E-state index in [0.29, 0.717) is 32.5 Å². The highest BCUT2D eigenvalue weighted by Gasteiger charge is 2.12. The topological polar surface area (TPSA) is 67.8 Å². The molecule has 0 aliphatic heterocycles. The molecule has 0 aliphatic carbocycles. The molecule has 1 rings (SSSR count). The molecule has 5 nitrogen and oxygen atoms in total. The Morgan fingerprint density at radius 2 is 2.14 bits per heavy atom. The molecule has 0 radical (unpaired) electrons. The summed E-state index contributed by atoms with van der Waals surface area (Å²) in [4.78, 5) is 12.0. The van der Waals surface area contributed by atoms with Gasteiger partial charge in [0.25, 0.3) is 0 Å². The lowest BCUT2D eigenvalue weighted by Gasteiger charge is -2.17. The zero-order valence-corrected chi connectivity index (χ0v) is 12.8. The number of carbonyl (C=O) groups excluding carboxylic acids is 1. The number of hydrogen-bond acceptors (Lipinski definition) is 4. The van der Waals surface area contributed by atoms with Gasteiger partial charge in [-0.1, -0.05) is 18.2 Å². The Labute approximate surface area is 126 Å². The normalized spacial score (nSPS) is 12.0. The van der Waals surface area contributed by atoms with Crippen LogP contribution in [0.2, 0.25) is 0 Å². The van der Waals surface area contributed by atoms with E-state index >= 15 is 0 Å². The maximum absolute atomic E-state index is 12.0. The number of nitrogens with one attached hydrogen (secondary N) is 1. The second kappa shape index (κ2) is 10.2. The second-order valence-corrected chi connectivity index (χ2v) is 4.77. The second-order valence-electron chi connectivity index (χ2n) is 4.77. The minimum atomic E-state index is -0.144. The molecular weight excluding hydrogens is 270 g/mol. The van der Waals surface area contributed by atoms with Gasteiger partial charge in [0.1, 0.15) is 5.75 Å². The fourth-order valence-corrected chi connectivity index (χ4v) is 2.11. The molecule has 0 saturated heterocycles. The van der Waals surface area contributed by atoms with Gasteiger partial charge in [-0.2, -0.15) is 0 Å². The van der Waals surface area contributed by atoms with Crippen molar-refractivity contribution in [3.63, 3.8) is 0 Å². The summed E-state index contributed by atoms with van der Waals surface area (Å²) in [7, 11) is 1.58. The molecule has 1 atom stereocenters. The molecule has 0 aromatic heterocycles. The van der Waals surface area contributed by atoms with E-state index in [0.717, 1.165) is 11.3 Å². The number of rotatable bonds is 10. The first-order chi connectivity index (χ1) is 10.2. The van der Waals surface area contributed by atoms with Crippen molar-refractivity contribution < 1.29 is 19.4 Å². The van der Waals surface area contributed by atoms with Gasteiger partial charge >= 0.3 is 0 Å². The number of benzene rings is 1. The summed E-state index contributed by atoms with van der Waals surface area (Å²) in [6, 6.07) is 7.60. The van der Waals surface area contributed by atoms with Crippen LogP contribution in [0.1, 0.15) is 25.3 Å². The summed E-state index contributed by atoms with van der Waals surface area (Å²) in [6.45, 7) is 2.98. The highest BCUT2D eigenvalue weighted by atomic mass is 16.5. The number of aryl methyl sites for hydroxylation is 1. The van der Waals surface area contributed by atoms with Crippen LogP contribution in [0.3, 0.4) is 0 Å². The Morgan fingerprint density at radius 1 is 1.38 bits per heavy atom. The number of para-hydroxylation sites is 1. The lowest BCUT2D eigenvalue weighted by molar-refractivity contribution is -0.122. The van der Waals surface area contributed by atoms with E-state index < -0.39 is 0 Å². The SMILES string of the molecule is CCOc1ccccc1CCC(=O)NC(CCO)COC. The number of aliphatic hydroxyl groups excluding tert-OH is 1. The molecule has 1 unspecified atom stereocenters. The minimum Gasteiger partial charge on any atom is -0.494 e. The molecule has 0 fully saturated rings. The third kappa shape index (κ3) is 6.60. The van der Waals surface area contributed by atoms with Crippen LogP contribution in [-0.4, -0.2) is 44.0 Å². The van der Waals surface area contributed by atoms with E-state index in [1.54, 1.807) is 7.11 Å². The Hall–Kier alpha value is -1.59. The molecule has 1 amide bonds. The predicted molar refractivity (Wildman–Crippen MR) is 81.4 cm³/mol. The zero-order chi connectivity index (χ0) is 15.5. The molecule has 0 spiro atoms. The third-order valence-electron chi connectivity index (χ3n) is 3.10. The molecule has 118 valence electrons. The van der Waals surface area contributed by atoms with Crippen LogP contribution < -0.4 is 10.1 Å². The van der Waals surface area contributed by atoms with Crippen molar-refractivity contribution in [3.8, 4) is 5.75 Å². The first kappa shape index (κ1) is 17.5. The van der Waals surface area contributed by atoms with E-state index in [1.165, 1.54) is 0 Å². The van der Waals surface area contributed by atoms with E-state index in [1.807, 2.05) is 31.2 Å². The number of methoxy groups -OCH3 is 1. The van der Waals surface area contributed by atoms with E-state index in [2.05, 4.69) is 5.32 Å². The van der Waals surface area contributed by atoms with E-state index in [-0.39, 0.29) is 18.6 Å². The van der Waals surface area contributed by atoms with Crippen molar-refractivity contribution in [3.05, 3.63) is 29.8 Å². The van der Waals surface area contributed by atoms with Crippen LogP contribution in [0.5, 0.6) is 5.75 Å².